The molecule has 1 saturated carbocycles. The van der Waals surface area contributed by atoms with Gasteiger partial charge in [-0.15, -0.1) is 0 Å². The number of nitrogens with one attached hydrogen (secondary N) is 1. The highest BCUT2D eigenvalue weighted by Crippen LogP contribution is 2.40. The fourth-order valence-corrected chi connectivity index (χ4v) is 2.78. The summed E-state index contributed by atoms with van der Waals surface area (Å²) in [5, 5.41) is 4.24. The largest absolute Gasteiger partial charge is 0.487 e. The van der Waals surface area contributed by atoms with Gasteiger partial charge in [-0.25, -0.2) is 0 Å². The lowest BCUT2D eigenvalue weighted by molar-refractivity contribution is -0.0147. The molecule has 3 heteroatoms. The first-order valence-corrected chi connectivity index (χ1v) is 7.69. The second-order valence-electron chi connectivity index (χ2n) is 5.55. The molecule has 2 nitrogen and oxygen atoms in total. The molecule has 0 saturated heterocycles. The molecular formula is C16H24ClNO. The van der Waals surface area contributed by atoms with E-state index in [-0.39, 0.29) is 5.60 Å². The van der Waals surface area contributed by atoms with Crippen molar-refractivity contribution in [1.82, 2.24) is 5.32 Å². The van der Waals surface area contributed by atoms with Crippen LogP contribution in [-0.4, -0.2) is 18.7 Å². The molecule has 0 heterocycles. The maximum absolute atomic E-state index is 6.31. The smallest absolute Gasteiger partial charge is 0.123 e. The molecule has 0 atom stereocenters. The van der Waals surface area contributed by atoms with Gasteiger partial charge in [0.25, 0.3) is 0 Å². The number of ether oxygens (including phenoxy) is 1. The summed E-state index contributed by atoms with van der Waals surface area (Å²) in [5.41, 5.74) is 1.18. The first-order valence-electron chi connectivity index (χ1n) is 7.31. The Balaban J connectivity index is 1.94. The van der Waals surface area contributed by atoms with E-state index in [9.17, 15) is 0 Å². The van der Waals surface area contributed by atoms with E-state index in [0.717, 1.165) is 35.8 Å². The lowest BCUT2D eigenvalue weighted by Gasteiger charge is -2.42. The van der Waals surface area contributed by atoms with Gasteiger partial charge in [-0.05, 0) is 75.9 Å². The van der Waals surface area contributed by atoms with Crippen LogP contribution in [0.25, 0.3) is 0 Å². The van der Waals surface area contributed by atoms with Crippen LogP contribution in [-0.2, 0) is 0 Å². The first-order chi connectivity index (χ1) is 9.15. The monoisotopic (exact) mass is 281 g/mol. The summed E-state index contributed by atoms with van der Waals surface area (Å²) in [6.07, 6.45) is 5.89. The number of hydrogen-bond acceptors (Lipinski definition) is 2. The Hall–Kier alpha value is -0.730. The molecule has 106 valence electrons. The Morgan fingerprint density at radius 3 is 2.68 bits per heavy atom. The van der Waals surface area contributed by atoms with Gasteiger partial charge in [0.1, 0.15) is 11.4 Å². The van der Waals surface area contributed by atoms with Crippen molar-refractivity contribution >= 4 is 11.6 Å². The highest BCUT2D eigenvalue weighted by atomic mass is 35.5. The maximum Gasteiger partial charge on any atom is 0.123 e. The van der Waals surface area contributed by atoms with Crippen molar-refractivity contribution in [3.63, 3.8) is 0 Å². The zero-order valence-corrected chi connectivity index (χ0v) is 12.7. The fraction of sp³-hybridized carbons (Fsp3) is 0.625. The summed E-state index contributed by atoms with van der Waals surface area (Å²) in [4.78, 5) is 0. The third-order valence-corrected chi connectivity index (χ3v) is 4.15. The molecule has 19 heavy (non-hydrogen) atoms. The van der Waals surface area contributed by atoms with Crippen molar-refractivity contribution in [2.75, 3.05) is 13.1 Å². The highest BCUT2D eigenvalue weighted by molar-refractivity contribution is 6.30. The summed E-state index contributed by atoms with van der Waals surface area (Å²) < 4.78 is 6.31. The number of halogens is 1. The topological polar surface area (TPSA) is 21.3 Å². The molecular weight excluding hydrogens is 258 g/mol. The van der Waals surface area contributed by atoms with Crippen LogP contribution in [0.3, 0.4) is 0 Å². The molecule has 0 bridgehead atoms. The van der Waals surface area contributed by atoms with E-state index >= 15 is 0 Å². The summed E-state index contributed by atoms with van der Waals surface area (Å²) in [6.45, 7) is 6.39. The van der Waals surface area contributed by atoms with Gasteiger partial charge in [0.2, 0.25) is 0 Å². The summed E-state index contributed by atoms with van der Waals surface area (Å²) in [7, 11) is 0. The van der Waals surface area contributed by atoms with Crippen LogP contribution in [0.1, 0.15) is 44.6 Å². The number of hydrogen-bond donors (Lipinski definition) is 1. The van der Waals surface area contributed by atoms with Crippen molar-refractivity contribution in [3.05, 3.63) is 28.8 Å². The standard InChI is InChI=1S/C16H24ClNO/c1-3-10-18-11-9-16(7-4-8-16)19-15-6-5-14(17)12-13(15)2/h5-6,12,18H,3-4,7-11H2,1-2H3. The van der Waals surface area contributed by atoms with Crippen LogP contribution in [0.15, 0.2) is 18.2 Å². The van der Waals surface area contributed by atoms with E-state index in [1.165, 1.54) is 25.7 Å². The summed E-state index contributed by atoms with van der Waals surface area (Å²) in [6, 6.07) is 5.88. The Morgan fingerprint density at radius 2 is 2.11 bits per heavy atom. The third-order valence-electron chi connectivity index (χ3n) is 3.91. The van der Waals surface area contributed by atoms with Gasteiger partial charge >= 0.3 is 0 Å². The summed E-state index contributed by atoms with van der Waals surface area (Å²) >= 11 is 5.99. The van der Waals surface area contributed by atoms with E-state index in [1.807, 2.05) is 18.2 Å². The predicted octanol–water partition coefficient (Wildman–Crippen LogP) is 4.34. The van der Waals surface area contributed by atoms with E-state index in [4.69, 9.17) is 16.3 Å². The minimum atomic E-state index is 0.0549. The molecule has 1 N–H and O–H groups in total. The Labute approximate surface area is 121 Å². The second-order valence-corrected chi connectivity index (χ2v) is 5.98. The van der Waals surface area contributed by atoms with E-state index in [1.54, 1.807) is 0 Å². The normalized spacial score (nSPS) is 17.0. The fourth-order valence-electron chi connectivity index (χ4n) is 2.55. The van der Waals surface area contributed by atoms with Crippen molar-refractivity contribution in [1.29, 1.82) is 0 Å². The zero-order chi connectivity index (χ0) is 13.7. The number of rotatable bonds is 7. The minimum absolute atomic E-state index is 0.0549. The van der Waals surface area contributed by atoms with Gasteiger partial charge in [0, 0.05) is 5.02 Å². The number of benzene rings is 1. The van der Waals surface area contributed by atoms with Crippen LogP contribution in [0.4, 0.5) is 0 Å². The lowest BCUT2D eigenvalue weighted by atomic mass is 9.77. The Kier molecular flexibility index (Phi) is 5.12. The van der Waals surface area contributed by atoms with Crippen LogP contribution in [0.2, 0.25) is 5.02 Å². The van der Waals surface area contributed by atoms with Gasteiger partial charge in [0.15, 0.2) is 0 Å². The first kappa shape index (κ1) is 14.7. The van der Waals surface area contributed by atoms with E-state index < -0.39 is 0 Å². The van der Waals surface area contributed by atoms with Crippen molar-refractivity contribution in [2.24, 2.45) is 0 Å². The van der Waals surface area contributed by atoms with Gasteiger partial charge in [0.05, 0.1) is 0 Å². The molecule has 0 radical (unpaired) electrons. The molecule has 1 aliphatic carbocycles. The van der Waals surface area contributed by atoms with E-state index in [2.05, 4.69) is 19.2 Å². The van der Waals surface area contributed by atoms with Gasteiger partial charge in [-0.3, -0.25) is 0 Å². The zero-order valence-electron chi connectivity index (χ0n) is 12.0. The third kappa shape index (κ3) is 3.87. The second kappa shape index (κ2) is 6.62. The van der Waals surface area contributed by atoms with Gasteiger partial charge in [-0.2, -0.15) is 0 Å². The van der Waals surface area contributed by atoms with Crippen molar-refractivity contribution in [2.45, 2.75) is 51.6 Å². The van der Waals surface area contributed by atoms with Crippen molar-refractivity contribution in [3.8, 4) is 5.75 Å². The molecule has 2 rings (SSSR count). The molecule has 1 fully saturated rings. The SMILES string of the molecule is CCCNCCC1(Oc2ccc(Cl)cc2C)CCC1. The quantitative estimate of drug-likeness (QED) is 0.751. The van der Waals surface area contributed by atoms with Crippen LogP contribution in [0, 0.1) is 6.92 Å². The van der Waals surface area contributed by atoms with Crippen LogP contribution < -0.4 is 10.1 Å². The molecule has 0 aliphatic heterocycles. The van der Waals surface area contributed by atoms with Gasteiger partial charge < -0.3 is 10.1 Å². The van der Waals surface area contributed by atoms with E-state index in [0.29, 0.717) is 0 Å². The van der Waals surface area contributed by atoms with Crippen LogP contribution >= 0.6 is 11.6 Å². The minimum Gasteiger partial charge on any atom is -0.487 e. The average molecular weight is 282 g/mol. The molecule has 1 aromatic rings. The Bertz CT molecular complexity index is 415. The molecule has 1 aromatic carbocycles. The molecule has 0 amide bonds. The number of aryl methyl sites for hydroxylation is 1. The summed E-state index contributed by atoms with van der Waals surface area (Å²) in [5.74, 6) is 0.986. The predicted molar refractivity (Wildman–Crippen MR) is 81.2 cm³/mol. The molecule has 0 aromatic heterocycles. The van der Waals surface area contributed by atoms with Crippen LogP contribution in [0.5, 0.6) is 5.75 Å². The van der Waals surface area contributed by atoms with Gasteiger partial charge in [-0.1, -0.05) is 18.5 Å². The van der Waals surface area contributed by atoms with Crippen molar-refractivity contribution < 1.29 is 4.74 Å². The molecule has 0 unspecified atom stereocenters. The lowest BCUT2D eigenvalue weighted by Crippen LogP contribution is -2.45. The molecule has 1 aliphatic rings. The maximum atomic E-state index is 6.31. The molecule has 0 spiro atoms. The highest BCUT2D eigenvalue weighted by Gasteiger charge is 2.39. The average Bonchev–Trinajstić information content (AvgIpc) is 2.34. The Morgan fingerprint density at radius 1 is 1.32 bits per heavy atom.